The number of nitrogens with zero attached hydrogens (tertiary/aromatic N) is 2. The molecule has 0 radical (unpaired) electrons. The summed E-state index contributed by atoms with van der Waals surface area (Å²) in [6.07, 6.45) is -0.927. The van der Waals surface area contributed by atoms with Crippen LogP contribution in [0.2, 0.25) is 0 Å². The summed E-state index contributed by atoms with van der Waals surface area (Å²) < 4.78 is 26.9. The summed E-state index contributed by atoms with van der Waals surface area (Å²) in [4.78, 5) is 0. The van der Waals surface area contributed by atoms with E-state index in [0.29, 0.717) is 5.56 Å². The number of rotatable bonds is 2. The van der Waals surface area contributed by atoms with Crippen molar-refractivity contribution < 1.29 is 8.78 Å². The minimum Gasteiger partial charge on any atom is -0.275 e. The minimum absolute atomic E-state index is 0.161. The van der Waals surface area contributed by atoms with E-state index in [0.717, 1.165) is 11.1 Å². The zero-order valence-electron chi connectivity index (χ0n) is 9.11. The van der Waals surface area contributed by atoms with Crippen molar-refractivity contribution in [1.82, 2.24) is 9.78 Å². The largest absolute Gasteiger partial charge is 0.282 e. The highest BCUT2D eigenvalue weighted by molar-refractivity contribution is 5.65. The van der Waals surface area contributed by atoms with E-state index in [2.05, 4.69) is 5.10 Å². The summed E-state index contributed by atoms with van der Waals surface area (Å²) >= 11 is 0. The third kappa shape index (κ3) is 1.96. The first-order valence-electron chi connectivity index (χ1n) is 4.96. The fourth-order valence-corrected chi connectivity index (χ4v) is 1.62. The lowest BCUT2D eigenvalue weighted by atomic mass is 10.1. The first-order valence-corrected chi connectivity index (χ1v) is 4.96. The monoisotopic (exact) mass is 222 g/mol. The molecule has 0 N–H and O–H groups in total. The molecule has 0 fully saturated rings. The Bertz CT molecular complexity index is 486. The van der Waals surface area contributed by atoms with Gasteiger partial charge in [-0.2, -0.15) is 5.10 Å². The fourth-order valence-electron chi connectivity index (χ4n) is 1.62. The van der Waals surface area contributed by atoms with Gasteiger partial charge >= 0.3 is 0 Å². The Balaban J connectivity index is 2.50. The van der Waals surface area contributed by atoms with E-state index in [1.807, 2.05) is 31.2 Å². The van der Waals surface area contributed by atoms with E-state index in [-0.39, 0.29) is 5.69 Å². The molecule has 0 saturated carbocycles. The third-order valence-electron chi connectivity index (χ3n) is 2.43. The van der Waals surface area contributed by atoms with Gasteiger partial charge in [0.05, 0.1) is 0 Å². The van der Waals surface area contributed by atoms with Gasteiger partial charge in [-0.15, -0.1) is 0 Å². The average molecular weight is 222 g/mol. The summed E-state index contributed by atoms with van der Waals surface area (Å²) in [7, 11) is 1.64. The number of alkyl halides is 2. The lowest BCUT2D eigenvalue weighted by Gasteiger charge is -2.01. The molecule has 0 unspecified atom stereocenters. The standard InChI is InChI=1S/C12H12F2N2/c1-8-3-5-9(6-4-8)10-7-16(2)15-11(10)12(13)14/h3-7,12H,1-2H3. The first kappa shape index (κ1) is 10.8. The van der Waals surface area contributed by atoms with E-state index in [1.165, 1.54) is 4.68 Å². The summed E-state index contributed by atoms with van der Waals surface area (Å²) in [5.41, 5.74) is 2.21. The van der Waals surface area contributed by atoms with Gasteiger partial charge in [-0.25, -0.2) is 8.78 Å². The zero-order valence-corrected chi connectivity index (χ0v) is 9.11. The maximum absolute atomic E-state index is 12.7. The van der Waals surface area contributed by atoms with Gasteiger partial charge in [0.1, 0.15) is 5.69 Å². The first-order chi connectivity index (χ1) is 7.58. The molecule has 2 aromatic rings. The molecular formula is C12H12F2N2. The molecular weight excluding hydrogens is 210 g/mol. The number of halogens is 2. The van der Waals surface area contributed by atoms with Crippen molar-refractivity contribution in [3.63, 3.8) is 0 Å². The molecule has 1 aromatic heterocycles. The lowest BCUT2D eigenvalue weighted by molar-refractivity contribution is 0.146. The van der Waals surface area contributed by atoms with Crippen molar-refractivity contribution in [3.8, 4) is 11.1 Å². The maximum atomic E-state index is 12.7. The van der Waals surface area contributed by atoms with Crippen LogP contribution in [0.3, 0.4) is 0 Å². The molecule has 0 aliphatic rings. The van der Waals surface area contributed by atoms with Gasteiger partial charge in [0, 0.05) is 18.8 Å². The van der Waals surface area contributed by atoms with E-state index in [9.17, 15) is 8.78 Å². The normalized spacial score (nSPS) is 11.1. The van der Waals surface area contributed by atoms with Crippen molar-refractivity contribution in [1.29, 1.82) is 0 Å². The highest BCUT2D eigenvalue weighted by Gasteiger charge is 2.18. The van der Waals surface area contributed by atoms with Crippen LogP contribution in [0.15, 0.2) is 30.5 Å². The molecule has 16 heavy (non-hydrogen) atoms. The SMILES string of the molecule is Cc1ccc(-c2cn(C)nc2C(F)F)cc1. The molecule has 0 saturated heterocycles. The van der Waals surface area contributed by atoms with Gasteiger partial charge < -0.3 is 0 Å². The molecule has 4 heteroatoms. The molecule has 0 aliphatic heterocycles. The second kappa shape index (κ2) is 4.04. The van der Waals surface area contributed by atoms with Crippen molar-refractivity contribution in [3.05, 3.63) is 41.7 Å². The quantitative estimate of drug-likeness (QED) is 0.762. The van der Waals surface area contributed by atoms with Gasteiger partial charge in [0.15, 0.2) is 0 Å². The Hall–Kier alpha value is -1.71. The number of benzene rings is 1. The number of hydrogen-bond donors (Lipinski definition) is 0. The van der Waals surface area contributed by atoms with Crippen molar-refractivity contribution in [2.75, 3.05) is 0 Å². The van der Waals surface area contributed by atoms with Gasteiger partial charge in [0.25, 0.3) is 6.43 Å². The summed E-state index contributed by atoms with van der Waals surface area (Å²) in [5, 5.41) is 3.78. The van der Waals surface area contributed by atoms with Crippen LogP contribution < -0.4 is 0 Å². The second-order valence-electron chi connectivity index (χ2n) is 3.77. The second-order valence-corrected chi connectivity index (χ2v) is 3.77. The smallest absolute Gasteiger partial charge is 0.275 e. The summed E-state index contributed by atoms with van der Waals surface area (Å²) in [6.45, 7) is 1.96. The van der Waals surface area contributed by atoms with Crippen LogP contribution in [0.1, 0.15) is 17.7 Å². The molecule has 0 aliphatic carbocycles. The van der Waals surface area contributed by atoms with E-state index in [4.69, 9.17) is 0 Å². The highest BCUT2D eigenvalue weighted by Crippen LogP contribution is 2.29. The Morgan fingerprint density at radius 1 is 1.19 bits per heavy atom. The topological polar surface area (TPSA) is 17.8 Å². The van der Waals surface area contributed by atoms with Crippen LogP contribution in [0.4, 0.5) is 8.78 Å². The van der Waals surface area contributed by atoms with Crippen LogP contribution in [0.25, 0.3) is 11.1 Å². The van der Waals surface area contributed by atoms with E-state index in [1.54, 1.807) is 13.2 Å². The van der Waals surface area contributed by atoms with Gasteiger partial charge in [-0.1, -0.05) is 29.8 Å². The van der Waals surface area contributed by atoms with E-state index < -0.39 is 6.43 Å². The predicted octanol–water partition coefficient (Wildman–Crippen LogP) is 3.33. The number of aromatic nitrogens is 2. The molecule has 1 aromatic carbocycles. The number of hydrogen-bond acceptors (Lipinski definition) is 1. The molecule has 0 bridgehead atoms. The van der Waals surface area contributed by atoms with Gasteiger partial charge in [-0.05, 0) is 12.5 Å². The average Bonchev–Trinajstić information content (AvgIpc) is 2.61. The minimum atomic E-state index is -2.54. The molecule has 0 atom stereocenters. The van der Waals surface area contributed by atoms with Crippen LogP contribution in [0, 0.1) is 6.92 Å². The summed E-state index contributed by atoms with van der Waals surface area (Å²) in [5.74, 6) is 0. The number of aryl methyl sites for hydroxylation is 2. The maximum Gasteiger partial charge on any atom is 0.282 e. The lowest BCUT2D eigenvalue weighted by Crippen LogP contribution is -1.91. The predicted molar refractivity (Wildman–Crippen MR) is 58.3 cm³/mol. The van der Waals surface area contributed by atoms with Gasteiger partial charge in [-0.3, -0.25) is 4.68 Å². The Kier molecular flexibility index (Phi) is 2.73. The van der Waals surface area contributed by atoms with Crippen molar-refractivity contribution >= 4 is 0 Å². The molecule has 1 heterocycles. The Morgan fingerprint density at radius 2 is 1.81 bits per heavy atom. The molecule has 0 amide bonds. The molecule has 2 nitrogen and oxygen atoms in total. The zero-order chi connectivity index (χ0) is 11.7. The third-order valence-corrected chi connectivity index (χ3v) is 2.43. The Morgan fingerprint density at radius 3 is 2.38 bits per heavy atom. The molecule has 84 valence electrons. The van der Waals surface area contributed by atoms with E-state index >= 15 is 0 Å². The van der Waals surface area contributed by atoms with Crippen LogP contribution in [0.5, 0.6) is 0 Å². The van der Waals surface area contributed by atoms with Crippen LogP contribution in [-0.2, 0) is 7.05 Å². The van der Waals surface area contributed by atoms with Crippen LogP contribution in [-0.4, -0.2) is 9.78 Å². The summed E-state index contributed by atoms with van der Waals surface area (Å²) in [6, 6.07) is 7.46. The molecule has 2 rings (SSSR count). The van der Waals surface area contributed by atoms with Gasteiger partial charge in [0.2, 0.25) is 0 Å². The highest BCUT2D eigenvalue weighted by atomic mass is 19.3. The fraction of sp³-hybridized carbons (Fsp3) is 0.250. The Labute approximate surface area is 92.5 Å². The van der Waals surface area contributed by atoms with Crippen molar-refractivity contribution in [2.45, 2.75) is 13.3 Å². The molecule has 0 spiro atoms. The van der Waals surface area contributed by atoms with Crippen LogP contribution >= 0.6 is 0 Å². The van der Waals surface area contributed by atoms with Crippen molar-refractivity contribution in [2.24, 2.45) is 7.05 Å².